The molecule has 3 heterocycles. The van der Waals surface area contributed by atoms with Crippen molar-refractivity contribution in [2.75, 3.05) is 0 Å². The van der Waals surface area contributed by atoms with Crippen molar-refractivity contribution in [2.24, 2.45) is 7.05 Å². The van der Waals surface area contributed by atoms with Gasteiger partial charge in [-0.15, -0.1) is 0 Å². The number of nitrogens with zero attached hydrogens (tertiary/aromatic N) is 2. The second kappa shape index (κ2) is 7.79. The van der Waals surface area contributed by atoms with Gasteiger partial charge in [-0.2, -0.15) is 0 Å². The summed E-state index contributed by atoms with van der Waals surface area (Å²) in [6.45, 7) is 2.27. The van der Waals surface area contributed by atoms with Crippen LogP contribution in [0.3, 0.4) is 0 Å². The molecular weight excluding hydrogens is 448 g/mol. The van der Waals surface area contributed by atoms with Crippen molar-refractivity contribution in [3.8, 4) is 11.1 Å². The number of hydrogen-bond acceptors (Lipinski definition) is 0. The van der Waals surface area contributed by atoms with E-state index in [2.05, 4.69) is 108 Å². The van der Waals surface area contributed by atoms with Crippen molar-refractivity contribution >= 4 is 49.0 Å². The fourth-order valence-electron chi connectivity index (χ4n) is 7.30. The molecule has 0 saturated heterocycles. The van der Waals surface area contributed by atoms with Crippen LogP contribution in [0.4, 0.5) is 0 Å². The Labute approximate surface area is 217 Å². The second-order valence-electron chi connectivity index (χ2n) is 11.2. The molecule has 180 valence electrons. The van der Waals surface area contributed by atoms with Crippen LogP contribution in [-0.4, -0.2) is 4.40 Å². The quantitative estimate of drug-likeness (QED) is 0.133. The lowest BCUT2D eigenvalue weighted by molar-refractivity contribution is -0.643. The number of benzene rings is 4. The standard InChI is InChI=1S/C35H31N2/c1-22-16-17-29-28-15-9-14-27(24-12-7-4-8-13-24)33(28)37-30-21-26(23-10-5-3-6-11-23)20-25-18-19-36(2)35(32(25)30)31(22)34(29)37/h4,7-9,12-21,23H,3,5-6,10-11H2,1-2H3/q+1. The Morgan fingerprint density at radius 3 is 2.41 bits per heavy atom. The number of aromatic nitrogens is 2. The van der Waals surface area contributed by atoms with Crippen LogP contribution in [0.5, 0.6) is 0 Å². The molecule has 1 saturated carbocycles. The van der Waals surface area contributed by atoms with Gasteiger partial charge in [0.15, 0.2) is 6.20 Å². The average molecular weight is 480 g/mol. The summed E-state index contributed by atoms with van der Waals surface area (Å²) in [6, 6.07) is 29.8. The minimum absolute atomic E-state index is 0.664. The number of para-hydroxylation sites is 1. The predicted octanol–water partition coefficient (Wildman–Crippen LogP) is 8.84. The largest absolute Gasteiger partial charge is 0.307 e. The van der Waals surface area contributed by atoms with E-state index in [9.17, 15) is 0 Å². The van der Waals surface area contributed by atoms with Crippen LogP contribution in [0.1, 0.15) is 49.1 Å². The van der Waals surface area contributed by atoms with Gasteiger partial charge in [-0.3, -0.25) is 0 Å². The number of fused-ring (bicyclic) bond motifs is 5. The molecule has 3 aromatic heterocycles. The molecule has 0 radical (unpaired) electrons. The first-order valence-corrected chi connectivity index (χ1v) is 13.8. The van der Waals surface area contributed by atoms with E-state index in [-0.39, 0.29) is 0 Å². The molecule has 0 N–H and O–H groups in total. The van der Waals surface area contributed by atoms with Gasteiger partial charge in [0.25, 0.3) is 0 Å². The Morgan fingerprint density at radius 2 is 1.57 bits per heavy atom. The van der Waals surface area contributed by atoms with E-state index in [1.807, 2.05) is 0 Å². The molecule has 0 atom stereocenters. The summed E-state index contributed by atoms with van der Waals surface area (Å²) >= 11 is 0. The summed E-state index contributed by atoms with van der Waals surface area (Å²) in [4.78, 5) is 0. The van der Waals surface area contributed by atoms with Gasteiger partial charge in [0.1, 0.15) is 7.05 Å². The zero-order chi connectivity index (χ0) is 24.7. The summed E-state index contributed by atoms with van der Waals surface area (Å²) in [5, 5.41) is 6.81. The highest BCUT2D eigenvalue weighted by Gasteiger charge is 2.26. The van der Waals surface area contributed by atoms with Gasteiger partial charge < -0.3 is 4.40 Å². The van der Waals surface area contributed by atoms with Crippen LogP contribution >= 0.6 is 0 Å². The van der Waals surface area contributed by atoms with Crippen molar-refractivity contribution in [2.45, 2.75) is 44.9 Å². The highest BCUT2D eigenvalue weighted by Crippen LogP contribution is 2.44. The summed E-state index contributed by atoms with van der Waals surface area (Å²) in [6.07, 6.45) is 8.97. The Morgan fingerprint density at radius 1 is 0.757 bits per heavy atom. The molecule has 0 unspecified atom stereocenters. The maximum absolute atomic E-state index is 2.62. The second-order valence-corrected chi connectivity index (χ2v) is 11.2. The molecule has 0 aliphatic heterocycles. The minimum Gasteiger partial charge on any atom is -0.307 e. The van der Waals surface area contributed by atoms with Gasteiger partial charge in [0.05, 0.1) is 27.3 Å². The molecule has 0 amide bonds. The summed E-state index contributed by atoms with van der Waals surface area (Å²) < 4.78 is 4.96. The monoisotopic (exact) mass is 479 g/mol. The third kappa shape index (κ3) is 2.90. The first-order valence-electron chi connectivity index (χ1n) is 13.8. The van der Waals surface area contributed by atoms with Crippen LogP contribution in [0.2, 0.25) is 0 Å². The smallest absolute Gasteiger partial charge is 0.224 e. The lowest BCUT2D eigenvalue weighted by Crippen LogP contribution is -2.29. The Bertz CT molecular complexity index is 1970. The molecule has 1 aliphatic rings. The molecule has 1 fully saturated rings. The van der Waals surface area contributed by atoms with Gasteiger partial charge in [-0.1, -0.05) is 86.0 Å². The van der Waals surface area contributed by atoms with Crippen LogP contribution < -0.4 is 4.57 Å². The fourth-order valence-corrected chi connectivity index (χ4v) is 7.30. The molecule has 4 aromatic carbocycles. The zero-order valence-corrected chi connectivity index (χ0v) is 21.6. The van der Waals surface area contributed by atoms with E-state index in [1.165, 1.54) is 103 Å². The average Bonchev–Trinajstić information content (AvgIpc) is 3.29. The maximum atomic E-state index is 2.62. The van der Waals surface area contributed by atoms with Gasteiger partial charge in [0.2, 0.25) is 5.52 Å². The minimum atomic E-state index is 0.664. The Hall–Kier alpha value is -3.91. The van der Waals surface area contributed by atoms with E-state index in [0.717, 1.165) is 0 Å². The predicted molar refractivity (Wildman–Crippen MR) is 156 cm³/mol. The zero-order valence-electron chi connectivity index (χ0n) is 21.6. The van der Waals surface area contributed by atoms with Crippen molar-refractivity contribution in [1.29, 1.82) is 0 Å². The van der Waals surface area contributed by atoms with Gasteiger partial charge >= 0.3 is 0 Å². The van der Waals surface area contributed by atoms with Gasteiger partial charge in [-0.05, 0) is 53.8 Å². The van der Waals surface area contributed by atoms with E-state index >= 15 is 0 Å². The van der Waals surface area contributed by atoms with E-state index in [4.69, 9.17) is 0 Å². The maximum Gasteiger partial charge on any atom is 0.224 e. The number of hydrogen-bond donors (Lipinski definition) is 0. The highest BCUT2D eigenvalue weighted by atomic mass is 15.0. The first-order chi connectivity index (χ1) is 18.2. The molecule has 2 heteroatoms. The molecule has 0 bridgehead atoms. The summed E-state index contributed by atoms with van der Waals surface area (Å²) in [7, 11) is 2.21. The number of pyridine rings is 2. The Kier molecular flexibility index (Phi) is 4.47. The lowest BCUT2D eigenvalue weighted by atomic mass is 9.83. The van der Waals surface area contributed by atoms with Crippen molar-refractivity contribution < 1.29 is 4.57 Å². The normalized spacial score (nSPS) is 15.2. The third-order valence-corrected chi connectivity index (χ3v) is 9.04. The third-order valence-electron chi connectivity index (χ3n) is 9.04. The summed E-state index contributed by atoms with van der Waals surface area (Å²) in [5.41, 5.74) is 10.8. The van der Waals surface area contributed by atoms with Gasteiger partial charge in [0, 0.05) is 22.4 Å². The lowest BCUT2D eigenvalue weighted by Gasteiger charge is -2.23. The van der Waals surface area contributed by atoms with Crippen LogP contribution in [0.15, 0.2) is 85.1 Å². The van der Waals surface area contributed by atoms with E-state index < -0.39 is 0 Å². The van der Waals surface area contributed by atoms with Crippen molar-refractivity contribution in [3.63, 3.8) is 0 Å². The molecular formula is C35H31N2+. The number of aryl methyl sites for hydroxylation is 2. The summed E-state index contributed by atoms with van der Waals surface area (Å²) in [5.74, 6) is 0.664. The van der Waals surface area contributed by atoms with E-state index in [0.29, 0.717) is 5.92 Å². The molecule has 7 aromatic rings. The highest BCUT2D eigenvalue weighted by molar-refractivity contribution is 6.27. The first kappa shape index (κ1) is 21.2. The molecule has 2 nitrogen and oxygen atoms in total. The molecule has 1 aliphatic carbocycles. The van der Waals surface area contributed by atoms with Gasteiger partial charge in [-0.25, -0.2) is 4.57 Å². The SMILES string of the molecule is Cc1ccc2c3cccc(-c4ccccc4)c3n3c4cc(C5CCCCC5)cc5cc[n+](C)c(c1c23)c54. The molecule has 8 rings (SSSR count). The van der Waals surface area contributed by atoms with Crippen LogP contribution in [0.25, 0.3) is 60.1 Å². The van der Waals surface area contributed by atoms with Crippen LogP contribution in [0, 0.1) is 6.92 Å². The van der Waals surface area contributed by atoms with Crippen molar-refractivity contribution in [1.82, 2.24) is 4.40 Å². The molecule has 37 heavy (non-hydrogen) atoms. The van der Waals surface area contributed by atoms with Crippen LogP contribution in [-0.2, 0) is 7.05 Å². The Balaban J connectivity index is 1.66. The fraction of sp³-hybridized carbons (Fsp3) is 0.229. The molecule has 0 spiro atoms. The topological polar surface area (TPSA) is 8.29 Å². The number of rotatable bonds is 2. The van der Waals surface area contributed by atoms with E-state index in [1.54, 1.807) is 0 Å². The van der Waals surface area contributed by atoms with Crippen molar-refractivity contribution in [3.05, 3.63) is 96.2 Å².